The van der Waals surface area contributed by atoms with Crippen LogP contribution in [0.15, 0.2) is 23.0 Å². The molecule has 1 amide bonds. The van der Waals surface area contributed by atoms with E-state index in [1.807, 2.05) is 6.92 Å². The van der Waals surface area contributed by atoms with Crippen LogP contribution in [-0.4, -0.2) is 28.1 Å². The van der Waals surface area contributed by atoms with Crippen molar-refractivity contribution >= 4 is 11.9 Å². The normalized spacial score (nSPS) is 11.9. The number of carbonyl (C=O) groups excluding carboxylic acids is 1. The van der Waals surface area contributed by atoms with E-state index in [4.69, 9.17) is 5.11 Å². The van der Waals surface area contributed by atoms with E-state index < -0.39 is 12.0 Å². The Labute approximate surface area is 117 Å². The van der Waals surface area contributed by atoms with Crippen molar-refractivity contribution in [2.24, 2.45) is 0 Å². The maximum atomic E-state index is 12.2. The summed E-state index contributed by atoms with van der Waals surface area (Å²) in [5.41, 5.74) is 0.487. The topological polar surface area (TPSA) is 88.4 Å². The maximum absolute atomic E-state index is 12.2. The third-order valence-corrected chi connectivity index (χ3v) is 3.01. The SMILES string of the molecule is CCCC(C(=O)NCCC(=O)O)n1c(C)cccc1=O. The molecule has 1 heterocycles. The molecule has 1 aromatic heterocycles. The second-order valence-corrected chi connectivity index (χ2v) is 4.61. The fourth-order valence-corrected chi connectivity index (χ4v) is 2.06. The average molecular weight is 280 g/mol. The number of carboxylic acids is 1. The van der Waals surface area contributed by atoms with Crippen LogP contribution in [0.2, 0.25) is 0 Å². The molecule has 6 heteroatoms. The summed E-state index contributed by atoms with van der Waals surface area (Å²) < 4.78 is 1.46. The minimum atomic E-state index is -0.967. The van der Waals surface area contributed by atoms with Crippen molar-refractivity contribution in [1.82, 2.24) is 9.88 Å². The number of rotatable bonds is 7. The number of hydrogen-bond donors (Lipinski definition) is 2. The largest absolute Gasteiger partial charge is 0.481 e. The third kappa shape index (κ3) is 4.22. The summed E-state index contributed by atoms with van der Waals surface area (Å²) in [6.07, 6.45) is 1.15. The number of aliphatic carboxylic acids is 1. The van der Waals surface area contributed by atoms with Crippen LogP contribution in [0.4, 0.5) is 0 Å². The molecular weight excluding hydrogens is 260 g/mol. The summed E-state index contributed by atoms with van der Waals surface area (Å²) in [7, 11) is 0. The number of carboxylic acid groups (broad SMARTS) is 1. The highest BCUT2D eigenvalue weighted by Gasteiger charge is 2.21. The van der Waals surface area contributed by atoms with Crippen molar-refractivity contribution in [3.05, 3.63) is 34.2 Å². The Morgan fingerprint density at radius 1 is 1.40 bits per heavy atom. The van der Waals surface area contributed by atoms with Gasteiger partial charge in [0.05, 0.1) is 6.42 Å². The number of nitrogens with zero attached hydrogens (tertiary/aromatic N) is 1. The van der Waals surface area contributed by atoms with E-state index in [0.717, 1.165) is 6.42 Å². The Bertz CT molecular complexity index is 536. The van der Waals surface area contributed by atoms with E-state index >= 15 is 0 Å². The van der Waals surface area contributed by atoms with E-state index in [-0.39, 0.29) is 24.4 Å². The smallest absolute Gasteiger partial charge is 0.305 e. The fraction of sp³-hybridized carbons (Fsp3) is 0.500. The number of pyridine rings is 1. The van der Waals surface area contributed by atoms with Crippen LogP contribution >= 0.6 is 0 Å². The van der Waals surface area contributed by atoms with Crippen LogP contribution in [-0.2, 0) is 9.59 Å². The van der Waals surface area contributed by atoms with Crippen molar-refractivity contribution in [3.63, 3.8) is 0 Å². The van der Waals surface area contributed by atoms with E-state index in [9.17, 15) is 14.4 Å². The molecule has 0 saturated carbocycles. The molecular formula is C14H20N2O4. The standard InChI is InChI=1S/C14H20N2O4/c1-3-5-11(14(20)15-9-8-13(18)19)16-10(2)6-4-7-12(16)17/h4,6-7,11H,3,5,8-9H2,1-2H3,(H,15,20)(H,18,19). The van der Waals surface area contributed by atoms with Crippen molar-refractivity contribution in [1.29, 1.82) is 0 Å². The van der Waals surface area contributed by atoms with Gasteiger partial charge >= 0.3 is 5.97 Å². The molecule has 110 valence electrons. The molecule has 0 saturated heterocycles. The number of aryl methyl sites for hydroxylation is 1. The molecule has 1 aromatic rings. The summed E-state index contributed by atoms with van der Waals surface area (Å²) in [6.45, 7) is 3.77. The van der Waals surface area contributed by atoms with E-state index in [0.29, 0.717) is 12.1 Å². The molecule has 0 aliphatic carbocycles. The number of amides is 1. The first-order valence-corrected chi connectivity index (χ1v) is 6.65. The van der Waals surface area contributed by atoms with Gasteiger partial charge in [-0.25, -0.2) is 0 Å². The van der Waals surface area contributed by atoms with Crippen molar-refractivity contribution in [2.45, 2.75) is 39.2 Å². The molecule has 2 N–H and O–H groups in total. The summed E-state index contributed by atoms with van der Waals surface area (Å²) in [4.78, 5) is 34.5. The Morgan fingerprint density at radius 3 is 2.65 bits per heavy atom. The van der Waals surface area contributed by atoms with E-state index in [1.54, 1.807) is 19.1 Å². The molecule has 20 heavy (non-hydrogen) atoms. The molecule has 0 aliphatic heterocycles. The molecule has 0 bridgehead atoms. The first-order valence-electron chi connectivity index (χ1n) is 6.65. The van der Waals surface area contributed by atoms with Crippen LogP contribution in [0.5, 0.6) is 0 Å². The van der Waals surface area contributed by atoms with Crippen molar-refractivity contribution in [3.8, 4) is 0 Å². The highest BCUT2D eigenvalue weighted by Crippen LogP contribution is 2.14. The minimum absolute atomic E-state index is 0.0645. The Hall–Kier alpha value is -2.11. The monoisotopic (exact) mass is 280 g/mol. The highest BCUT2D eigenvalue weighted by molar-refractivity contribution is 5.80. The predicted octanol–water partition coefficient (Wildman–Crippen LogP) is 1.09. The van der Waals surface area contributed by atoms with Crippen LogP contribution in [0.3, 0.4) is 0 Å². The lowest BCUT2D eigenvalue weighted by Gasteiger charge is -2.20. The van der Waals surface area contributed by atoms with Gasteiger partial charge < -0.3 is 15.0 Å². The molecule has 6 nitrogen and oxygen atoms in total. The lowest BCUT2D eigenvalue weighted by atomic mass is 10.1. The van der Waals surface area contributed by atoms with Gasteiger partial charge in [0.1, 0.15) is 6.04 Å². The molecule has 0 aromatic carbocycles. The second-order valence-electron chi connectivity index (χ2n) is 4.61. The third-order valence-electron chi connectivity index (χ3n) is 3.01. The maximum Gasteiger partial charge on any atom is 0.305 e. The molecule has 0 radical (unpaired) electrons. The van der Waals surface area contributed by atoms with Gasteiger partial charge in [0, 0.05) is 18.3 Å². The van der Waals surface area contributed by atoms with Crippen LogP contribution in [0, 0.1) is 6.92 Å². The summed E-state index contributed by atoms with van der Waals surface area (Å²) in [5.74, 6) is -1.28. The molecule has 1 atom stereocenters. The Morgan fingerprint density at radius 2 is 2.10 bits per heavy atom. The zero-order valence-corrected chi connectivity index (χ0v) is 11.8. The molecule has 1 unspecified atom stereocenters. The summed E-state index contributed by atoms with van der Waals surface area (Å²) in [5, 5.41) is 11.1. The van der Waals surface area contributed by atoms with Crippen LogP contribution in [0.1, 0.15) is 37.9 Å². The fourth-order valence-electron chi connectivity index (χ4n) is 2.06. The lowest BCUT2D eigenvalue weighted by molar-refractivity contribution is -0.137. The predicted molar refractivity (Wildman–Crippen MR) is 74.6 cm³/mol. The first kappa shape index (κ1) is 15.9. The zero-order chi connectivity index (χ0) is 15.1. The van der Waals surface area contributed by atoms with Crippen LogP contribution in [0.25, 0.3) is 0 Å². The molecule has 1 rings (SSSR count). The number of aromatic nitrogens is 1. The summed E-state index contributed by atoms with van der Waals surface area (Å²) >= 11 is 0. The van der Waals surface area contributed by atoms with Gasteiger partial charge in [-0.3, -0.25) is 14.4 Å². The second kappa shape index (κ2) is 7.47. The first-order chi connectivity index (χ1) is 9.47. The highest BCUT2D eigenvalue weighted by atomic mass is 16.4. The average Bonchev–Trinajstić information content (AvgIpc) is 2.36. The van der Waals surface area contributed by atoms with Crippen molar-refractivity contribution in [2.75, 3.05) is 6.54 Å². The van der Waals surface area contributed by atoms with Gasteiger partial charge in [-0.1, -0.05) is 19.4 Å². The van der Waals surface area contributed by atoms with Gasteiger partial charge in [-0.2, -0.15) is 0 Å². The zero-order valence-electron chi connectivity index (χ0n) is 11.8. The molecule has 0 spiro atoms. The molecule has 0 fully saturated rings. The van der Waals surface area contributed by atoms with Gasteiger partial charge in [0.15, 0.2) is 0 Å². The van der Waals surface area contributed by atoms with Gasteiger partial charge in [-0.15, -0.1) is 0 Å². The van der Waals surface area contributed by atoms with E-state index in [2.05, 4.69) is 5.32 Å². The number of hydrogen-bond acceptors (Lipinski definition) is 3. The van der Waals surface area contributed by atoms with Gasteiger partial charge in [0.25, 0.3) is 5.56 Å². The van der Waals surface area contributed by atoms with Gasteiger partial charge in [0.2, 0.25) is 5.91 Å². The number of carbonyl (C=O) groups is 2. The van der Waals surface area contributed by atoms with Gasteiger partial charge in [-0.05, 0) is 19.4 Å². The summed E-state index contributed by atoms with van der Waals surface area (Å²) in [6, 6.07) is 4.25. The quantitative estimate of drug-likeness (QED) is 0.782. The van der Waals surface area contributed by atoms with Crippen LogP contribution < -0.4 is 10.9 Å². The minimum Gasteiger partial charge on any atom is -0.481 e. The Balaban J connectivity index is 2.91. The number of nitrogens with one attached hydrogen (secondary N) is 1. The van der Waals surface area contributed by atoms with Crippen molar-refractivity contribution < 1.29 is 14.7 Å². The molecule has 0 aliphatic rings. The van der Waals surface area contributed by atoms with E-state index in [1.165, 1.54) is 10.6 Å². The lowest BCUT2D eigenvalue weighted by Crippen LogP contribution is -2.38. The Kier molecular flexibility index (Phi) is 5.96.